The van der Waals surface area contributed by atoms with Crippen molar-refractivity contribution in [1.29, 1.82) is 0 Å². The Morgan fingerprint density at radius 2 is 2.00 bits per heavy atom. The van der Waals surface area contributed by atoms with E-state index in [0.717, 1.165) is 0 Å². The molecule has 1 atom stereocenters. The molecule has 7 nitrogen and oxygen atoms in total. The van der Waals surface area contributed by atoms with Crippen molar-refractivity contribution in [3.8, 4) is 0 Å². The van der Waals surface area contributed by atoms with E-state index in [2.05, 4.69) is 4.74 Å². The zero-order chi connectivity index (χ0) is 12.8. The highest BCUT2D eigenvalue weighted by molar-refractivity contribution is 7.89. The van der Waals surface area contributed by atoms with Gasteiger partial charge in [0, 0.05) is 0 Å². The monoisotopic (exact) mass is 253 g/mol. The molecule has 0 fully saturated rings. The number of nitrogens with one attached hydrogen (secondary N) is 1. The molecule has 0 aliphatic rings. The molecule has 0 amide bonds. The predicted octanol–water partition coefficient (Wildman–Crippen LogP) is -0.668. The van der Waals surface area contributed by atoms with Crippen molar-refractivity contribution >= 4 is 22.0 Å². The number of hydrogen-bond acceptors (Lipinski definition) is 5. The Bertz CT molecular complexity index is 350. The molecule has 0 bridgehead atoms. The number of rotatable bonds is 7. The number of sulfonamides is 1. The molecule has 0 spiro atoms. The van der Waals surface area contributed by atoms with Crippen LogP contribution in [0.2, 0.25) is 0 Å². The van der Waals surface area contributed by atoms with Crippen LogP contribution in [-0.2, 0) is 24.3 Å². The highest BCUT2D eigenvalue weighted by Crippen LogP contribution is 1.95. The Hall–Kier alpha value is -1.15. The summed E-state index contributed by atoms with van der Waals surface area (Å²) in [6, 6.07) is -1.22. The Kier molecular flexibility index (Phi) is 5.97. The van der Waals surface area contributed by atoms with Crippen molar-refractivity contribution < 1.29 is 27.9 Å². The maximum absolute atomic E-state index is 11.3. The lowest BCUT2D eigenvalue weighted by atomic mass is 10.4. The molecule has 0 aliphatic carbocycles. The van der Waals surface area contributed by atoms with Gasteiger partial charge in [-0.1, -0.05) is 0 Å². The van der Waals surface area contributed by atoms with Crippen LogP contribution in [0.25, 0.3) is 0 Å². The van der Waals surface area contributed by atoms with Crippen molar-refractivity contribution in [3.05, 3.63) is 0 Å². The number of carbonyl (C=O) groups excluding carboxylic acids is 1. The molecule has 0 aromatic heterocycles. The van der Waals surface area contributed by atoms with Gasteiger partial charge in [0.05, 0.1) is 18.8 Å². The maximum Gasteiger partial charge on any atom is 0.321 e. The molecule has 0 heterocycles. The summed E-state index contributed by atoms with van der Waals surface area (Å²) in [7, 11) is -3.77. The largest absolute Gasteiger partial charge is 0.480 e. The van der Waals surface area contributed by atoms with Crippen LogP contribution in [0.5, 0.6) is 0 Å². The quantitative estimate of drug-likeness (QED) is 0.582. The first-order chi connectivity index (χ1) is 7.28. The number of ether oxygens (including phenoxy) is 1. The molecule has 0 saturated heterocycles. The van der Waals surface area contributed by atoms with E-state index in [1.807, 2.05) is 4.72 Å². The van der Waals surface area contributed by atoms with Gasteiger partial charge in [-0.15, -0.1) is 0 Å². The van der Waals surface area contributed by atoms with Crippen LogP contribution in [0, 0.1) is 0 Å². The summed E-state index contributed by atoms with van der Waals surface area (Å²) in [6.07, 6.45) is -0.296. The summed E-state index contributed by atoms with van der Waals surface area (Å²) in [4.78, 5) is 21.3. The summed E-state index contributed by atoms with van der Waals surface area (Å²) >= 11 is 0. The lowest BCUT2D eigenvalue weighted by Crippen LogP contribution is -2.39. The Morgan fingerprint density at radius 1 is 1.44 bits per heavy atom. The first-order valence-corrected chi connectivity index (χ1v) is 6.32. The number of carbonyl (C=O) groups is 2. The van der Waals surface area contributed by atoms with Crippen molar-refractivity contribution in [2.45, 2.75) is 26.3 Å². The maximum atomic E-state index is 11.3. The Labute approximate surface area is 93.8 Å². The highest BCUT2D eigenvalue weighted by atomic mass is 32.2. The molecule has 0 aromatic carbocycles. The SMILES string of the molecule is CCOC(=O)CCS(=O)(=O)NC(C)C(=O)O. The fourth-order valence-corrected chi connectivity index (χ4v) is 2.02. The average molecular weight is 253 g/mol. The third-order valence-corrected chi connectivity index (χ3v) is 3.06. The zero-order valence-electron chi connectivity index (χ0n) is 9.10. The van der Waals surface area contributed by atoms with Crippen molar-refractivity contribution in [2.24, 2.45) is 0 Å². The lowest BCUT2D eigenvalue weighted by Gasteiger charge is -2.09. The summed E-state index contributed by atoms with van der Waals surface area (Å²) < 4.78 is 29.0. The van der Waals surface area contributed by atoms with Crippen LogP contribution in [0.1, 0.15) is 20.3 Å². The van der Waals surface area contributed by atoms with Crippen molar-refractivity contribution in [3.63, 3.8) is 0 Å². The fraction of sp³-hybridized carbons (Fsp3) is 0.750. The van der Waals surface area contributed by atoms with Crippen LogP contribution < -0.4 is 4.72 Å². The van der Waals surface area contributed by atoms with E-state index in [1.54, 1.807) is 6.92 Å². The molecule has 8 heteroatoms. The standard InChI is InChI=1S/C8H15NO6S/c1-3-15-7(10)4-5-16(13,14)9-6(2)8(11)12/h6,9H,3-5H2,1-2H3,(H,11,12). The van der Waals surface area contributed by atoms with Crippen LogP contribution in [0.4, 0.5) is 0 Å². The summed E-state index contributed by atoms with van der Waals surface area (Å²) in [5, 5.41) is 8.49. The average Bonchev–Trinajstić information content (AvgIpc) is 2.14. The van der Waals surface area contributed by atoms with Gasteiger partial charge < -0.3 is 9.84 Å². The minimum absolute atomic E-state index is 0.178. The van der Waals surface area contributed by atoms with Gasteiger partial charge in [0.25, 0.3) is 0 Å². The van der Waals surface area contributed by atoms with Gasteiger partial charge in [-0.3, -0.25) is 9.59 Å². The second-order valence-electron chi connectivity index (χ2n) is 3.05. The third-order valence-electron chi connectivity index (χ3n) is 1.61. The van der Waals surface area contributed by atoms with E-state index in [9.17, 15) is 18.0 Å². The van der Waals surface area contributed by atoms with Crippen molar-refractivity contribution in [2.75, 3.05) is 12.4 Å². The van der Waals surface area contributed by atoms with E-state index >= 15 is 0 Å². The normalized spacial score (nSPS) is 13.1. The fourth-order valence-electron chi connectivity index (χ4n) is 0.830. The first kappa shape index (κ1) is 14.8. The predicted molar refractivity (Wildman–Crippen MR) is 55.3 cm³/mol. The van der Waals surface area contributed by atoms with E-state index in [0.29, 0.717) is 0 Å². The Balaban J connectivity index is 4.16. The van der Waals surface area contributed by atoms with Crippen LogP contribution in [-0.4, -0.2) is 43.9 Å². The summed E-state index contributed by atoms with van der Waals surface area (Å²) in [5.41, 5.74) is 0. The van der Waals surface area contributed by atoms with E-state index < -0.39 is 33.8 Å². The van der Waals surface area contributed by atoms with E-state index in [-0.39, 0.29) is 13.0 Å². The highest BCUT2D eigenvalue weighted by Gasteiger charge is 2.20. The number of carboxylic acid groups (broad SMARTS) is 1. The van der Waals surface area contributed by atoms with Gasteiger partial charge in [0.2, 0.25) is 10.0 Å². The summed E-state index contributed by atoms with van der Waals surface area (Å²) in [6.45, 7) is 2.99. The van der Waals surface area contributed by atoms with Gasteiger partial charge >= 0.3 is 11.9 Å². The number of aliphatic carboxylic acids is 1. The lowest BCUT2D eigenvalue weighted by molar-refractivity contribution is -0.142. The Morgan fingerprint density at radius 3 is 2.44 bits per heavy atom. The molecule has 2 N–H and O–H groups in total. The van der Waals surface area contributed by atoms with Gasteiger partial charge in [0.15, 0.2) is 0 Å². The molecular formula is C8H15NO6S. The molecule has 0 saturated carbocycles. The van der Waals surface area contributed by atoms with E-state index in [4.69, 9.17) is 5.11 Å². The molecule has 94 valence electrons. The number of hydrogen-bond donors (Lipinski definition) is 2. The molecule has 0 rings (SSSR count). The van der Waals surface area contributed by atoms with Gasteiger partial charge in [-0.05, 0) is 13.8 Å². The first-order valence-electron chi connectivity index (χ1n) is 4.67. The molecule has 1 unspecified atom stereocenters. The van der Waals surface area contributed by atoms with E-state index in [1.165, 1.54) is 6.92 Å². The molecule has 0 aliphatic heterocycles. The van der Waals surface area contributed by atoms with Crippen LogP contribution in [0.15, 0.2) is 0 Å². The van der Waals surface area contributed by atoms with Crippen LogP contribution in [0.3, 0.4) is 0 Å². The molecule has 0 radical (unpaired) electrons. The molecular weight excluding hydrogens is 238 g/mol. The number of carboxylic acids is 1. The topological polar surface area (TPSA) is 110 Å². The summed E-state index contributed by atoms with van der Waals surface area (Å²) in [5.74, 6) is -2.39. The molecule has 0 aromatic rings. The van der Waals surface area contributed by atoms with Gasteiger partial charge in [-0.2, -0.15) is 0 Å². The second-order valence-corrected chi connectivity index (χ2v) is 4.93. The zero-order valence-corrected chi connectivity index (χ0v) is 9.91. The smallest absolute Gasteiger partial charge is 0.321 e. The second kappa shape index (κ2) is 6.44. The third kappa shape index (κ3) is 6.36. The minimum Gasteiger partial charge on any atom is -0.480 e. The van der Waals surface area contributed by atoms with Gasteiger partial charge in [-0.25, -0.2) is 13.1 Å². The van der Waals surface area contributed by atoms with Crippen molar-refractivity contribution in [1.82, 2.24) is 4.72 Å². The minimum atomic E-state index is -3.77. The molecule has 16 heavy (non-hydrogen) atoms. The number of esters is 1. The van der Waals surface area contributed by atoms with Gasteiger partial charge in [0.1, 0.15) is 6.04 Å². The van der Waals surface area contributed by atoms with Crippen LogP contribution >= 0.6 is 0 Å².